The SMILES string of the molecule is C[C@H]1CN(S(=O)(=O)C[C@@]23CC[C@H](CC24OCCO4)C3(C)C)CCN1c1ncc(C(F)(F)F)cc1F. The normalized spacial score (nSPS) is 32.6. The van der Waals surface area contributed by atoms with Gasteiger partial charge in [0.05, 0.1) is 24.5 Å². The number of piperazine rings is 1. The van der Waals surface area contributed by atoms with Gasteiger partial charge in [0, 0.05) is 43.7 Å². The Balaban J connectivity index is 1.35. The van der Waals surface area contributed by atoms with Crippen LogP contribution in [0.3, 0.4) is 0 Å². The molecule has 2 bridgehead atoms. The van der Waals surface area contributed by atoms with Gasteiger partial charge in [-0.1, -0.05) is 13.8 Å². The minimum atomic E-state index is -4.69. The number of hydrogen-bond acceptors (Lipinski definition) is 6. The third kappa shape index (κ3) is 3.69. The summed E-state index contributed by atoms with van der Waals surface area (Å²) in [7, 11) is -3.74. The zero-order valence-electron chi connectivity index (χ0n) is 20.1. The van der Waals surface area contributed by atoms with Crippen LogP contribution in [-0.2, 0) is 25.7 Å². The molecule has 2 aliphatic heterocycles. The monoisotopic (exact) mass is 521 g/mol. The smallest absolute Gasteiger partial charge is 0.349 e. The van der Waals surface area contributed by atoms with Gasteiger partial charge in [-0.2, -0.15) is 17.5 Å². The van der Waals surface area contributed by atoms with Gasteiger partial charge in [0.2, 0.25) is 10.0 Å². The second kappa shape index (κ2) is 8.00. The maximum atomic E-state index is 14.5. The quantitative estimate of drug-likeness (QED) is 0.564. The lowest BCUT2D eigenvalue weighted by Gasteiger charge is -2.48. The van der Waals surface area contributed by atoms with Gasteiger partial charge in [-0.05, 0) is 37.2 Å². The number of pyridine rings is 1. The summed E-state index contributed by atoms with van der Waals surface area (Å²) in [6.07, 6.45) is -1.76. The van der Waals surface area contributed by atoms with E-state index in [4.69, 9.17) is 9.47 Å². The largest absolute Gasteiger partial charge is 0.417 e. The highest BCUT2D eigenvalue weighted by Gasteiger charge is 2.75. The molecule has 0 radical (unpaired) electrons. The third-order valence-corrected chi connectivity index (χ3v) is 11.0. The van der Waals surface area contributed by atoms with E-state index in [9.17, 15) is 26.0 Å². The standard InChI is InChI=1S/C23H31F4N3O4S/c1-15-13-29(6-7-30(15)19-18(24)10-17(12-28-19)23(25,26)27)35(31,32)14-21-5-4-16(20(21,2)3)11-22(21)33-8-9-34-22/h10,12,15-16H,4-9,11,13-14H2,1-3H3/t15-,16+,21+/m0/s1. The molecular weight excluding hydrogens is 490 g/mol. The summed E-state index contributed by atoms with van der Waals surface area (Å²) in [4.78, 5) is 5.24. The topological polar surface area (TPSA) is 72.0 Å². The van der Waals surface area contributed by atoms with E-state index in [1.54, 1.807) is 6.92 Å². The molecule has 2 aliphatic carbocycles. The van der Waals surface area contributed by atoms with Crippen LogP contribution in [0, 0.1) is 22.6 Å². The lowest BCUT2D eigenvalue weighted by Crippen LogP contribution is -2.59. The first-order valence-electron chi connectivity index (χ1n) is 12.0. The Hall–Kier alpha value is -1.50. The highest BCUT2D eigenvalue weighted by molar-refractivity contribution is 7.89. The van der Waals surface area contributed by atoms with Gasteiger partial charge in [-0.3, -0.25) is 0 Å². The highest BCUT2D eigenvalue weighted by Crippen LogP contribution is 2.72. The fourth-order valence-corrected chi connectivity index (χ4v) is 9.31. The summed E-state index contributed by atoms with van der Waals surface area (Å²) in [6.45, 7) is 7.13. The number of ether oxygens (including phenoxy) is 2. The van der Waals surface area contributed by atoms with E-state index in [-0.39, 0.29) is 36.6 Å². The van der Waals surface area contributed by atoms with Crippen molar-refractivity contribution in [1.82, 2.24) is 9.29 Å². The number of sulfonamides is 1. The van der Waals surface area contributed by atoms with Crippen LogP contribution in [0.5, 0.6) is 0 Å². The average Bonchev–Trinajstić information content (AvgIpc) is 3.37. The van der Waals surface area contributed by atoms with Gasteiger partial charge in [-0.15, -0.1) is 0 Å². The zero-order valence-corrected chi connectivity index (χ0v) is 20.9. The fourth-order valence-electron chi connectivity index (χ4n) is 6.96. The first-order valence-corrected chi connectivity index (χ1v) is 13.6. The summed E-state index contributed by atoms with van der Waals surface area (Å²) < 4.78 is 94.3. The minimum Gasteiger partial charge on any atom is -0.349 e. The molecule has 0 amide bonds. The summed E-state index contributed by atoms with van der Waals surface area (Å²) in [5, 5.41) is 0. The van der Waals surface area contributed by atoms with Crippen molar-refractivity contribution in [3.63, 3.8) is 0 Å². The molecular formula is C23H31F4N3O4S. The van der Waals surface area contributed by atoms with Crippen molar-refractivity contribution in [3.05, 3.63) is 23.6 Å². The number of anilines is 1. The highest BCUT2D eigenvalue weighted by atomic mass is 32.2. The molecule has 1 aromatic rings. The summed E-state index contributed by atoms with van der Waals surface area (Å²) in [6, 6.07) is -0.0486. The Labute approximate surface area is 202 Å². The van der Waals surface area contributed by atoms with E-state index in [1.807, 2.05) is 0 Å². The second-order valence-corrected chi connectivity index (χ2v) is 12.8. The molecule has 7 nitrogen and oxygen atoms in total. The van der Waals surface area contributed by atoms with Crippen molar-refractivity contribution in [1.29, 1.82) is 0 Å². The number of rotatable bonds is 4. The third-order valence-electron chi connectivity index (χ3n) is 9.01. The van der Waals surface area contributed by atoms with Crippen LogP contribution >= 0.6 is 0 Å². The predicted molar refractivity (Wildman–Crippen MR) is 120 cm³/mol. The molecule has 196 valence electrons. The van der Waals surface area contributed by atoms with Gasteiger partial charge in [0.25, 0.3) is 0 Å². The van der Waals surface area contributed by atoms with Crippen molar-refractivity contribution < 1.29 is 35.5 Å². The van der Waals surface area contributed by atoms with E-state index in [2.05, 4.69) is 18.8 Å². The van der Waals surface area contributed by atoms with Crippen molar-refractivity contribution >= 4 is 15.8 Å². The van der Waals surface area contributed by atoms with Crippen molar-refractivity contribution in [3.8, 4) is 0 Å². The molecule has 4 aliphatic rings. The van der Waals surface area contributed by atoms with Gasteiger partial charge >= 0.3 is 6.18 Å². The van der Waals surface area contributed by atoms with Gasteiger partial charge < -0.3 is 14.4 Å². The van der Waals surface area contributed by atoms with E-state index in [0.717, 1.165) is 6.42 Å². The number of aromatic nitrogens is 1. The van der Waals surface area contributed by atoms with Gasteiger partial charge in [0.15, 0.2) is 17.4 Å². The van der Waals surface area contributed by atoms with Gasteiger partial charge in [0.1, 0.15) is 0 Å². The Morgan fingerprint density at radius 2 is 1.89 bits per heavy atom. The molecule has 0 unspecified atom stereocenters. The molecule has 35 heavy (non-hydrogen) atoms. The molecule has 0 N–H and O–H groups in total. The van der Waals surface area contributed by atoms with Crippen molar-refractivity contribution in [2.24, 2.45) is 16.7 Å². The first-order chi connectivity index (χ1) is 16.2. The van der Waals surface area contributed by atoms with Crippen molar-refractivity contribution in [2.75, 3.05) is 43.5 Å². The van der Waals surface area contributed by atoms with Crippen LogP contribution in [0.2, 0.25) is 0 Å². The van der Waals surface area contributed by atoms with E-state index >= 15 is 0 Å². The Bertz CT molecular complexity index is 1110. The Kier molecular flexibility index (Phi) is 5.75. The number of nitrogens with zero attached hydrogens (tertiary/aromatic N) is 3. The molecule has 1 spiro atoms. The van der Waals surface area contributed by atoms with E-state index in [1.165, 1.54) is 9.21 Å². The zero-order chi connectivity index (χ0) is 25.4. The molecule has 3 heterocycles. The molecule has 1 aromatic heterocycles. The lowest BCUT2D eigenvalue weighted by atomic mass is 9.68. The molecule has 12 heteroatoms. The maximum absolute atomic E-state index is 14.5. The maximum Gasteiger partial charge on any atom is 0.417 e. The van der Waals surface area contributed by atoms with Crippen LogP contribution < -0.4 is 4.90 Å². The molecule has 2 saturated carbocycles. The molecule has 4 fully saturated rings. The van der Waals surface area contributed by atoms with E-state index in [0.29, 0.717) is 44.2 Å². The number of alkyl halides is 3. The number of hydrogen-bond donors (Lipinski definition) is 0. The van der Waals surface area contributed by atoms with Crippen LogP contribution in [0.1, 0.15) is 45.6 Å². The fraction of sp³-hybridized carbons (Fsp3) is 0.783. The van der Waals surface area contributed by atoms with Crippen LogP contribution in [0.25, 0.3) is 0 Å². The summed E-state index contributed by atoms with van der Waals surface area (Å²) >= 11 is 0. The van der Waals surface area contributed by atoms with Crippen molar-refractivity contribution in [2.45, 2.75) is 58.0 Å². The van der Waals surface area contributed by atoms with Gasteiger partial charge in [-0.25, -0.2) is 17.8 Å². The predicted octanol–water partition coefficient (Wildman–Crippen LogP) is 3.65. The Morgan fingerprint density at radius 1 is 1.20 bits per heavy atom. The van der Waals surface area contributed by atoms with Crippen LogP contribution in [0.15, 0.2) is 12.3 Å². The minimum absolute atomic E-state index is 0.0825. The first kappa shape index (κ1) is 25.2. The molecule has 2 saturated heterocycles. The molecule has 0 aromatic carbocycles. The second-order valence-electron chi connectivity index (χ2n) is 10.9. The Morgan fingerprint density at radius 3 is 2.46 bits per heavy atom. The molecule has 3 atom stereocenters. The summed E-state index contributed by atoms with van der Waals surface area (Å²) in [5.41, 5.74) is -2.10. The van der Waals surface area contributed by atoms with Crippen LogP contribution in [0.4, 0.5) is 23.4 Å². The molecule has 5 rings (SSSR count). The van der Waals surface area contributed by atoms with E-state index < -0.39 is 44.8 Å². The lowest BCUT2D eigenvalue weighted by molar-refractivity contribution is -0.235. The number of halogens is 4. The number of fused-ring (bicyclic) bond motifs is 3. The average molecular weight is 522 g/mol. The summed E-state index contributed by atoms with van der Waals surface area (Å²) in [5.74, 6) is -1.94. The van der Waals surface area contributed by atoms with Crippen LogP contribution in [-0.4, -0.2) is 68.1 Å².